The van der Waals surface area contributed by atoms with Gasteiger partial charge in [-0.1, -0.05) is 23.5 Å². The molecule has 2 aromatic carbocycles. The van der Waals surface area contributed by atoms with E-state index in [1.165, 1.54) is 17.7 Å². The van der Waals surface area contributed by atoms with Crippen LogP contribution in [0.3, 0.4) is 0 Å². The first-order valence-corrected chi connectivity index (χ1v) is 10.3. The molecule has 0 aliphatic rings. The number of fused-ring (bicyclic) bond motifs is 1. The average Bonchev–Trinajstić information content (AvgIpc) is 3.16. The summed E-state index contributed by atoms with van der Waals surface area (Å²) in [5.41, 5.74) is 13.0. The van der Waals surface area contributed by atoms with Gasteiger partial charge < -0.3 is 15.8 Å². The molecule has 0 aliphatic heterocycles. The van der Waals surface area contributed by atoms with E-state index in [0.717, 1.165) is 16.0 Å². The second kappa shape index (κ2) is 8.51. The highest BCUT2D eigenvalue weighted by Gasteiger charge is 2.13. The molecule has 9 nitrogen and oxygen atoms in total. The molecule has 0 bridgehead atoms. The van der Waals surface area contributed by atoms with Gasteiger partial charge in [0.1, 0.15) is 17.8 Å². The molecular weight excluding hydrogens is 470 g/mol. The van der Waals surface area contributed by atoms with Crippen LogP contribution in [0.4, 0.5) is 22.5 Å². The van der Waals surface area contributed by atoms with Crippen LogP contribution in [0.5, 0.6) is 5.75 Å². The maximum atomic E-state index is 12.4. The molecule has 11 heteroatoms. The Kier molecular flexibility index (Phi) is 5.63. The van der Waals surface area contributed by atoms with Crippen molar-refractivity contribution in [3.8, 4) is 5.75 Å². The standard InChI is InChI=1S/C19H16BrN7O2S/c1-29-10-6-7-13-14(8-10)30-19(24-13)25-16-15(21)17(23-9-22-16)26-27-18(28)11-4-2-3-5-12(11)20/h2-9H,21H2,1H3,(H,27,28)(H2,22,23,24,25,26). The average molecular weight is 486 g/mol. The lowest BCUT2D eigenvalue weighted by molar-refractivity contribution is 0.0961. The van der Waals surface area contributed by atoms with E-state index in [0.29, 0.717) is 21.0 Å². The first kappa shape index (κ1) is 19.9. The van der Waals surface area contributed by atoms with Crippen LogP contribution >= 0.6 is 27.3 Å². The van der Waals surface area contributed by atoms with Gasteiger partial charge in [-0.25, -0.2) is 15.0 Å². The molecule has 4 rings (SSSR count). The molecule has 0 atom stereocenters. The number of carbonyl (C=O) groups is 1. The van der Waals surface area contributed by atoms with Crippen molar-refractivity contribution in [3.63, 3.8) is 0 Å². The lowest BCUT2D eigenvalue weighted by Gasteiger charge is -2.12. The summed E-state index contributed by atoms with van der Waals surface area (Å²) in [7, 11) is 1.62. The third kappa shape index (κ3) is 4.11. The van der Waals surface area contributed by atoms with E-state index < -0.39 is 0 Å². The van der Waals surface area contributed by atoms with E-state index >= 15 is 0 Å². The van der Waals surface area contributed by atoms with Gasteiger partial charge in [-0.2, -0.15) is 0 Å². The summed E-state index contributed by atoms with van der Waals surface area (Å²) < 4.78 is 6.88. The van der Waals surface area contributed by atoms with Gasteiger partial charge >= 0.3 is 0 Å². The highest BCUT2D eigenvalue weighted by Crippen LogP contribution is 2.32. The molecule has 0 saturated carbocycles. The number of hydrazine groups is 1. The summed E-state index contributed by atoms with van der Waals surface area (Å²) in [6, 6.07) is 12.7. The Morgan fingerprint density at radius 1 is 1.17 bits per heavy atom. The van der Waals surface area contributed by atoms with E-state index in [9.17, 15) is 4.79 Å². The minimum Gasteiger partial charge on any atom is -0.497 e. The number of nitrogens with one attached hydrogen (secondary N) is 3. The van der Waals surface area contributed by atoms with Crippen LogP contribution in [-0.4, -0.2) is 28.0 Å². The summed E-state index contributed by atoms with van der Waals surface area (Å²) in [4.78, 5) is 25.1. The number of rotatable bonds is 6. The molecule has 0 spiro atoms. The second-order valence-corrected chi connectivity index (χ2v) is 7.91. The number of amides is 1. The van der Waals surface area contributed by atoms with Crippen LogP contribution in [0.2, 0.25) is 0 Å². The highest BCUT2D eigenvalue weighted by atomic mass is 79.9. The third-order valence-corrected chi connectivity index (χ3v) is 5.74. The maximum absolute atomic E-state index is 12.4. The summed E-state index contributed by atoms with van der Waals surface area (Å²) in [6.45, 7) is 0. The van der Waals surface area contributed by atoms with E-state index in [2.05, 4.69) is 47.1 Å². The molecule has 5 N–H and O–H groups in total. The van der Waals surface area contributed by atoms with Crippen molar-refractivity contribution in [2.45, 2.75) is 0 Å². The van der Waals surface area contributed by atoms with Crippen LogP contribution in [0.25, 0.3) is 10.2 Å². The lowest BCUT2D eigenvalue weighted by Crippen LogP contribution is -2.30. The fourth-order valence-corrected chi connectivity index (χ4v) is 3.97. The Hall–Kier alpha value is -3.44. The number of thiazole rings is 1. The number of nitrogens with two attached hydrogens (primary N) is 1. The number of benzene rings is 2. The SMILES string of the molecule is COc1ccc2nc(Nc3ncnc(NNC(=O)c4ccccc4Br)c3N)sc2c1. The van der Waals surface area contributed by atoms with Gasteiger partial charge in [0, 0.05) is 4.47 Å². The Morgan fingerprint density at radius 2 is 1.97 bits per heavy atom. The van der Waals surface area contributed by atoms with Gasteiger partial charge in [0.05, 0.1) is 22.9 Å². The Morgan fingerprint density at radius 3 is 2.77 bits per heavy atom. The van der Waals surface area contributed by atoms with Crippen LogP contribution in [0, 0.1) is 0 Å². The normalized spacial score (nSPS) is 10.6. The zero-order valence-corrected chi connectivity index (χ0v) is 18.0. The van der Waals surface area contributed by atoms with Gasteiger partial charge in [0.25, 0.3) is 5.91 Å². The molecule has 0 fully saturated rings. The van der Waals surface area contributed by atoms with Crippen LogP contribution < -0.4 is 26.6 Å². The fraction of sp³-hybridized carbons (Fsp3) is 0.0526. The molecule has 0 unspecified atom stereocenters. The van der Waals surface area contributed by atoms with Crippen molar-refractivity contribution in [1.29, 1.82) is 0 Å². The maximum Gasteiger partial charge on any atom is 0.270 e. The molecule has 2 aromatic heterocycles. The van der Waals surface area contributed by atoms with E-state index in [4.69, 9.17) is 10.5 Å². The van der Waals surface area contributed by atoms with Crippen LogP contribution in [0.1, 0.15) is 10.4 Å². The van der Waals surface area contributed by atoms with E-state index in [1.54, 1.807) is 25.3 Å². The molecule has 30 heavy (non-hydrogen) atoms. The largest absolute Gasteiger partial charge is 0.497 e. The molecular formula is C19H16BrN7O2S. The van der Waals surface area contributed by atoms with E-state index in [-0.39, 0.29) is 17.4 Å². The number of nitrogens with zero attached hydrogens (tertiary/aromatic N) is 3. The molecule has 4 aromatic rings. The minimum absolute atomic E-state index is 0.238. The Balaban J connectivity index is 1.50. The topological polar surface area (TPSA) is 127 Å². The monoisotopic (exact) mass is 485 g/mol. The van der Waals surface area contributed by atoms with Crippen molar-refractivity contribution in [1.82, 2.24) is 20.4 Å². The first-order valence-electron chi connectivity index (χ1n) is 8.68. The third-order valence-electron chi connectivity index (χ3n) is 4.12. The number of nitrogen functional groups attached to an aromatic ring is 1. The molecule has 2 heterocycles. The van der Waals surface area contributed by atoms with Gasteiger partial charge in [0.2, 0.25) is 0 Å². The number of hydrogen-bond acceptors (Lipinski definition) is 9. The quantitative estimate of drug-likeness (QED) is 0.302. The number of ether oxygens (including phenoxy) is 1. The predicted octanol–water partition coefficient (Wildman–Crippen LogP) is 3.94. The van der Waals surface area contributed by atoms with Crippen LogP contribution in [0.15, 0.2) is 53.3 Å². The number of methoxy groups -OCH3 is 1. The Labute approximate surface area is 183 Å². The molecule has 1 amide bonds. The number of carbonyl (C=O) groups excluding carboxylic acids is 1. The Bertz CT molecular complexity index is 1230. The van der Waals surface area contributed by atoms with Crippen LogP contribution in [-0.2, 0) is 0 Å². The van der Waals surface area contributed by atoms with Crippen molar-refractivity contribution in [3.05, 3.63) is 58.8 Å². The lowest BCUT2D eigenvalue weighted by atomic mass is 10.2. The number of anilines is 4. The summed E-state index contributed by atoms with van der Waals surface area (Å²) >= 11 is 4.79. The summed E-state index contributed by atoms with van der Waals surface area (Å²) in [5, 5.41) is 3.72. The number of halogens is 1. The zero-order valence-electron chi connectivity index (χ0n) is 15.6. The number of hydrogen-bond donors (Lipinski definition) is 4. The van der Waals surface area contributed by atoms with Gasteiger partial charge in [-0.3, -0.25) is 15.6 Å². The van der Waals surface area contributed by atoms with Gasteiger partial charge in [0.15, 0.2) is 16.8 Å². The molecule has 0 aliphatic carbocycles. The number of aromatic nitrogens is 3. The first-order chi connectivity index (χ1) is 14.5. The summed E-state index contributed by atoms with van der Waals surface area (Å²) in [5.74, 6) is 1.05. The van der Waals surface area contributed by atoms with Crippen molar-refractivity contribution < 1.29 is 9.53 Å². The van der Waals surface area contributed by atoms with Crippen molar-refractivity contribution in [2.24, 2.45) is 0 Å². The fourth-order valence-electron chi connectivity index (χ4n) is 2.61. The minimum atomic E-state index is -0.338. The van der Waals surface area contributed by atoms with Gasteiger partial charge in [-0.15, -0.1) is 0 Å². The smallest absolute Gasteiger partial charge is 0.270 e. The van der Waals surface area contributed by atoms with Crippen molar-refractivity contribution in [2.75, 3.05) is 23.6 Å². The molecule has 152 valence electrons. The molecule has 0 saturated heterocycles. The predicted molar refractivity (Wildman–Crippen MR) is 121 cm³/mol. The second-order valence-electron chi connectivity index (χ2n) is 6.02. The zero-order chi connectivity index (χ0) is 21.1. The van der Waals surface area contributed by atoms with E-state index in [1.807, 2.05) is 24.3 Å². The van der Waals surface area contributed by atoms with Gasteiger partial charge in [-0.05, 0) is 46.3 Å². The highest BCUT2D eigenvalue weighted by molar-refractivity contribution is 9.10. The van der Waals surface area contributed by atoms with Crippen molar-refractivity contribution >= 4 is 65.8 Å². The summed E-state index contributed by atoms with van der Waals surface area (Å²) in [6.07, 6.45) is 1.34. The molecule has 0 radical (unpaired) electrons.